The van der Waals surface area contributed by atoms with Crippen molar-refractivity contribution in [1.29, 1.82) is 0 Å². The molecule has 0 aliphatic carbocycles. The quantitative estimate of drug-likeness (QED) is 0.163. The summed E-state index contributed by atoms with van der Waals surface area (Å²) in [6, 6.07) is 38.9. The van der Waals surface area contributed by atoms with Crippen molar-refractivity contribution in [1.82, 2.24) is 65.4 Å². The number of rotatable bonds is 6. The number of hydrogen-bond acceptors (Lipinski definition) is 11. The average Bonchev–Trinajstić information content (AvgIpc) is 4.04. The van der Waals surface area contributed by atoms with E-state index in [4.69, 9.17) is 40.2 Å². The summed E-state index contributed by atoms with van der Waals surface area (Å²) in [6.07, 6.45) is 20.0. The zero-order valence-corrected chi connectivity index (χ0v) is 35.9. The van der Waals surface area contributed by atoms with Gasteiger partial charge in [-0.05, 0) is 41.8 Å². The van der Waals surface area contributed by atoms with Crippen molar-refractivity contribution in [3.8, 4) is 56.7 Å². The van der Waals surface area contributed by atoms with E-state index < -0.39 is 0 Å². The summed E-state index contributed by atoms with van der Waals surface area (Å²) in [4.78, 5) is 32.0. The summed E-state index contributed by atoms with van der Waals surface area (Å²) in [5, 5.41) is 33.7. The zero-order valence-electron chi connectivity index (χ0n) is 35.9. The molecule has 0 saturated heterocycles. The molecule has 318 valence electrons. The summed E-state index contributed by atoms with van der Waals surface area (Å²) >= 11 is 0. The van der Waals surface area contributed by atoms with Crippen molar-refractivity contribution in [2.45, 2.75) is 0 Å². The Hall–Kier alpha value is -9.62. The summed E-state index contributed by atoms with van der Waals surface area (Å²) < 4.78 is 0. The number of allylic oxidation sites excluding steroid dienone is 5. The maximum atomic E-state index is 5.49. The van der Waals surface area contributed by atoms with Crippen LogP contribution in [0.25, 0.3) is 128 Å². The van der Waals surface area contributed by atoms with Gasteiger partial charge in [-0.15, -0.1) is 10.2 Å². The number of para-hydroxylation sites is 2. The first-order valence-corrected chi connectivity index (χ1v) is 22.2. The molecule has 9 heterocycles. The fraction of sp³-hybridized carbons (Fsp3) is 0.0182. The number of imidazole rings is 1. The molecule has 13 heteroatoms. The summed E-state index contributed by atoms with van der Waals surface area (Å²) in [7, 11) is 0. The molecule has 0 atom stereocenters. The van der Waals surface area contributed by atoms with Crippen LogP contribution in [-0.2, 0) is 0 Å². The minimum absolute atomic E-state index is 0.447. The number of benzene rings is 5. The third-order valence-electron chi connectivity index (χ3n) is 12.9. The number of pyridine rings is 2. The Morgan fingerprint density at radius 1 is 0.559 bits per heavy atom. The predicted molar refractivity (Wildman–Crippen MR) is 266 cm³/mol. The van der Waals surface area contributed by atoms with Crippen LogP contribution in [0.15, 0.2) is 182 Å². The van der Waals surface area contributed by atoms with Gasteiger partial charge in [-0.3, -0.25) is 10.1 Å². The molecule has 2 aliphatic heterocycles. The first-order valence-electron chi connectivity index (χ1n) is 22.2. The SMILES string of the molecule is C1=CC2=C(c3c(-c4nccc5ccccc45)c(-c4ccc5ccccc5n4)c4c(-c5nncc6ccccc56)cnnc4c3-c3nc4nc(-c5n[nH]c6ccccc56)ncc4[nH]3)C=CCN2C=C1. The van der Waals surface area contributed by atoms with Gasteiger partial charge in [-0.2, -0.15) is 15.3 Å². The number of nitrogens with one attached hydrogen (secondary N) is 2. The van der Waals surface area contributed by atoms with Gasteiger partial charge in [0.05, 0.1) is 46.6 Å². The highest BCUT2D eigenvalue weighted by atomic mass is 15.2. The number of H-pyrrole nitrogens is 2. The number of hydrogen-bond donors (Lipinski definition) is 2. The van der Waals surface area contributed by atoms with E-state index in [1.807, 2.05) is 72.9 Å². The standard InChI is InChI=1S/C55H33N13/c1-4-15-34-31(12-1)24-25-56-50(34)47-44(37-18-11-27-68-26-10-9-21-43(37)68)48(54-61-42-30-57-55(63-53(42)62-54)51-36-17-6-8-20-40(36)64-67-51)52-45(46(47)41-23-22-32-13-3-7-19-39(32)60-41)38(29-59-66-52)49-35-16-5-2-14-33(35)28-58-65-49/h1-26,28-30H,27H2,(H,64,67)(H,57,61,62,63). The molecule has 0 saturated carbocycles. The van der Waals surface area contributed by atoms with Crippen molar-refractivity contribution in [3.05, 3.63) is 188 Å². The Labute approximate surface area is 386 Å². The summed E-state index contributed by atoms with van der Waals surface area (Å²) in [6.45, 7) is 0.693. The van der Waals surface area contributed by atoms with Crippen LogP contribution >= 0.6 is 0 Å². The van der Waals surface area contributed by atoms with Crippen LogP contribution < -0.4 is 0 Å². The largest absolute Gasteiger partial charge is 0.344 e. The highest BCUT2D eigenvalue weighted by molar-refractivity contribution is 6.21. The van der Waals surface area contributed by atoms with E-state index in [1.54, 1.807) is 18.6 Å². The number of fused-ring (bicyclic) bond motifs is 7. The molecular weight excluding hydrogens is 843 g/mol. The van der Waals surface area contributed by atoms with Crippen LogP contribution in [0.1, 0.15) is 5.56 Å². The molecule has 5 aromatic carbocycles. The Bertz CT molecular complexity index is 4210. The molecule has 68 heavy (non-hydrogen) atoms. The lowest BCUT2D eigenvalue weighted by Gasteiger charge is -2.30. The Morgan fingerprint density at radius 2 is 1.37 bits per heavy atom. The zero-order chi connectivity index (χ0) is 44.7. The normalized spacial score (nSPS) is 13.6. The topological polar surface area (TPSA) is 164 Å². The van der Waals surface area contributed by atoms with Crippen molar-refractivity contribution in [3.63, 3.8) is 0 Å². The van der Waals surface area contributed by atoms with Gasteiger partial charge >= 0.3 is 0 Å². The molecule has 0 fully saturated rings. The van der Waals surface area contributed by atoms with Gasteiger partial charge in [0.25, 0.3) is 0 Å². The highest BCUT2D eigenvalue weighted by Crippen LogP contribution is 2.52. The van der Waals surface area contributed by atoms with Gasteiger partial charge in [-0.1, -0.05) is 109 Å². The second-order valence-electron chi connectivity index (χ2n) is 16.7. The van der Waals surface area contributed by atoms with Gasteiger partial charge in [-0.25, -0.2) is 19.9 Å². The van der Waals surface area contributed by atoms with Gasteiger partial charge in [0.2, 0.25) is 0 Å². The van der Waals surface area contributed by atoms with Crippen molar-refractivity contribution >= 4 is 71.0 Å². The highest BCUT2D eigenvalue weighted by Gasteiger charge is 2.33. The van der Waals surface area contributed by atoms with Crippen LogP contribution in [0.3, 0.4) is 0 Å². The summed E-state index contributed by atoms with van der Waals surface area (Å²) in [5.41, 5.74) is 12.0. The van der Waals surface area contributed by atoms with Crippen LogP contribution in [0.4, 0.5) is 0 Å². The minimum Gasteiger partial charge on any atom is -0.344 e. The Kier molecular flexibility index (Phi) is 8.31. The maximum Gasteiger partial charge on any atom is 0.182 e. The van der Waals surface area contributed by atoms with E-state index in [1.165, 1.54) is 0 Å². The third-order valence-corrected chi connectivity index (χ3v) is 12.9. The van der Waals surface area contributed by atoms with Crippen molar-refractivity contribution in [2.75, 3.05) is 6.54 Å². The predicted octanol–water partition coefficient (Wildman–Crippen LogP) is 11.2. The molecule has 2 aliphatic rings. The fourth-order valence-corrected chi connectivity index (χ4v) is 9.87. The summed E-state index contributed by atoms with van der Waals surface area (Å²) in [5.74, 6) is 0.963. The molecule has 0 amide bonds. The van der Waals surface area contributed by atoms with Crippen LogP contribution in [0.2, 0.25) is 0 Å². The van der Waals surface area contributed by atoms with Crippen LogP contribution in [-0.4, -0.2) is 71.9 Å². The van der Waals surface area contributed by atoms with E-state index in [0.29, 0.717) is 51.8 Å². The smallest absolute Gasteiger partial charge is 0.182 e. The molecule has 12 aromatic rings. The molecule has 0 unspecified atom stereocenters. The first-order chi connectivity index (χ1) is 33.7. The molecule has 0 radical (unpaired) electrons. The fourth-order valence-electron chi connectivity index (χ4n) is 9.87. The molecule has 13 nitrogen and oxygen atoms in total. The number of aromatic nitrogens is 12. The van der Waals surface area contributed by atoms with Crippen molar-refractivity contribution in [2.24, 2.45) is 0 Å². The minimum atomic E-state index is 0.447. The molecule has 7 aromatic heterocycles. The average molecular weight is 876 g/mol. The van der Waals surface area contributed by atoms with E-state index in [0.717, 1.165) is 93.6 Å². The third kappa shape index (κ3) is 5.82. The van der Waals surface area contributed by atoms with Gasteiger partial charge in [0.15, 0.2) is 11.5 Å². The van der Waals surface area contributed by atoms with E-state index in [-0.39, 0.29) is 0 Å². The van der Waals surface area contributed by atoms with Gasteiger partial charge in [0.1, 0.15) is 28.2 Å². The van der Waals surface area contributed by atoms with E-state index in [9.17, 15) is 0 Å². The second kappa shape index (κ2) is 15.0. The second-order valence-corrected chi connectivity index (χ2v) is 16.7. The van der Waals surface area contributed by atoms with E-state index >= 15 is 0 Å². The molecule has 0 spiro atoms. The van der Waals surface area contributed by atoms with Gasteiger partial charge < -0.3 is 9.88 Å². The molecule has 0 bridgehead atoms. The molecular formula is C55H33N13. The van der Waals surface area contributed by atoms with Crippen LogP contribution in [0, 0.1) is 0 Å². The Balaban J connectivity index is 1.20. The van der Waals surface area contributed by atoms with Crippen molar-refractivity contribution < 1.29 is 0 Å². The number of aromatic amines is 2. The molecule has 2 N–H and O–H groups in total. The molecule has 14 rings (SSSR count). The van der Waals surface area contributed by atoms with Crippen LogP contribution in [0.5, 0.6) is 0 Å². The lowest BCUT2D eigenvalue weighted by molar-refractivity contribution is 0.527. The first kappa shape index (κ1) is 37.7. The lowest BCUT2D eigenvalue weighted by Crippen LogP contribution is -2.21. The monoisotopic (exact) mass is 875 g/mol. The van der Waals surface area contributed by atoms with E-state index in [2.05, 4.69) is 110 Å². The van der Waals surface area contributed by atoms with Gasteiger partial charge in [0, 0.05) is 84.8 Å². The maximum absolute atomic E-state index is 5.49. The Morgan fingerprint density at radius 3 is 2.29 bits per heavy atom. The number of nitrogens with zero attached hydrogens (tertiary/aromatic N) is 11. The lowest BCUT2D eigenvalue weighted by atomic mass is 9.80.